The molecule has 1 N–H and O–H groups in total. The first-order chi connectivity index (χ1) is 16.7. The summed E-state index contributed by atoms with van der Waals surface area (Å²) < 4.78 is 10.8. The lowest BCUT2D eigenvalue weighted by Gasteiger charge is -2.40. The molecule has 1 aliphatic heterocycles. The number of nitrogens with zero attached hydrogens (tertiary/aromatic N) is 2. The number of benzene rings is 3. The molecule has 0 spiro atoms. The van der Waals surface area contributed by atoms with Gasteiger partial charge in [0.1, 0.15) is 5.75 Å². The molecule has 2 amide bonds. The summed E-state index contributed by atoms with van der Waals surface area (Å²) in [4.78, 5) is 27.1. The zero-order valence-electron chi connectivity index (χ0n) is 19.2. The maximum absolute atomic E-state index is 13.3. The van der Waals surface area contributed by atoms with Crippen molar-refractivity contribution in [3.8, 4) is 16.9 Å². The Morgan fingerprint density at radius 3 is 2.32 bits per heavy atom. The molecule has 1 heterocycles. The highest BCUT2D eigenvalue weighted by atomic mass is 16.5. The average Bonchev–Trinajstić information content (AvgIpc) is 2.90. The zero-order chi connectivity index (χ0) is 23.8. The van der Waals surface area contributed by atoms with Gasteiger partial charge in [-0.25, -0.2) is 9.80 Å². The van der Waals surface area contributed by atoms with Crippen LogP contribution in [0, 0.1) is 0 Å². The SMILES string of the molecule is COC(=O)N1CCN(NC(=O)c2ccccc2-c2ccccc2)C(CCOc2ccccc2)C1. The predicted molar refractivity (Wildman–Crippen MR) is 130 cm³/mol. The van der Waals surface area contributed by atoms with Crippen LogP contribution in [0.15, 0.2) is 84.9 Å². The van der Waals surface area contributed by atoms with Crippen LogP contribution in [-0.4, -0.2) is 61.3 Å². The molecule has 7 heteroatoms. The minimum Gasteiger partial charge on any atom is -0.494 e. The first-order valence-electron chi connectivity index (χ1n) is 11.4. The molecular weight excluding hydrogens is 430 g/mol. The second-order valence-electron chi connectivity index (χ2n) is 8.07. The molecule has 1 fully saturated rings. The molecule has 3 aromatic carbocycles. The number of methoxy groups -OCH3 is 1. The summed E-state index contributed by atoms with van der Waals surface area (Å²) in [6, 6.07) is 26.9. The van der Waals surface area contributed by atoms with Crippen molar-refractivity contribution in [1.29, 1.82) is 0 Å². The standard InChI is InChI=1S/C27H29N3O4/c1-33-27(32)29-17-18-30(22(20-29)16-19-34-23-12-6-3-7-13-23)28-26(31)25-15-9-8-14-24(25)21-10-4-2-5-11-21/h2-15,22H,16-20H2,1H3,(H,28,31). The average molecular weight is 460 g/mol. The quantitative estimate of drug-likeness (QED) is 0.573. The molecule has 0 bridgehead atoms. The van der Waals surface area contributed by atoms with Crippen LogP contribution in [0.5, 0.6) is 5.75 Å². The van der Waals surface area contributed by atoms with Crippen molar-refractivity contribution in [3.05, 3.63) is 90.5 Å². The molecule has 0 radical (unpaired) electrons. The molecule has 0 aromatic heterocycles. The van der Waals surface area contributed by atoms with Gasteiger partial charge in [-0.3, -0.25) is 10.2 Å². The molecule has 0 saturated carbocycles. The second kappa shape index (κ2) is 11.3. The van der Waals surface area contributed by atoms with E-state index in [4.69, 9.17) is 9.47 Å². The van der Waals surface area contributed by atoms with Gasteiger partial charge in [0.15, 0.2) is 0 Å². The third-order valence-electron chi connectivity index (χ3n) is 5.88. The Hall–Kier alpha value is -3.84. The van der Waals surface area contributed by atoms with E-state index in [0.29, 0.717) is 38.2 Å². The lowest BCUT2D eigenvalue weighted by Crippen LogP contribution is -2.60. The minimum atomic E-state index is -0.366. The monoisotopic (exact) mass is 459 g/mol. The van der Waals surface area contributed by atoms with E-state index in [-0.39, 0.29) is 18.0 Å². The van der Waals surface area contributed by atoms with Gasteiger partial charge in [-0.1, -0.05) is 66.7 Å². The molecule has 176 valence electrons. The van der Waals surface area contributed by atoms with Crippen LogP contribution in [0.4, 0.5) is 4.79 Å². The number of rotatable bonds is 7. The molecule has 1 atom stereocenters. The summed E-state index contributed by atoms with van der Waals surface area (Å²) >= 11 is 0. The normalized spacial score (nSPS) is 16.0. The van der Waals surface area contributed by atoms with Crippen LogP contribution < -0.4 is 10.2 Å². The number of amides is 2. The highest BCUT2D eigenvalue weighted by Crippen LogP contribution is 2.24. The van der Waals surface area contributed by atoms with E-state index in [1.807, 2.05) is 89.9 Å². The predicted octanol–water partition coefficient (Wildman–Crippen LogP) is 4.22. The van der Waals surface area contributed by atoms with Crippen LogP contribution in [0.1, 0.15) is 16.8 Å². The van der Waals surface area contributed by atoms with E-state index in [9.17, 15) is 9.59 Å². The maximum Gasteiger partial charge on any atom is 0.409 e. The largest absolute Gasteiger partial charge is 0.494 e. The Bertz CT molecular complexity index is 1090. The summed E-state index contributed by atoms with van der Waals surface area (Å²) in [5.74, 6) is 0.607. The third-order valence-corrected chi connectivity index (χ3v) is 5.88. The Kier molecular flexibility index (Phi) is 7.78. The molecule has 4 rings (SSSR count). The van der Waals surface area contributed by atoms with Gasteiger partial charge in [0.2, 0.25) is 0 Å². The van der Waals surface area contributed by atoms with Gasteiger partial charge in [0.05, 0.1) is 19.8 Å². The Balaban J connectivity index is 1.47. The van der Waals surface area contributed by atoms with Crippen molar-refractivity contribution in [3.63, 3.8) is 0 Å². The molecule has 3 aromatic rings. The molecule has 34 heavy (non-hydrogen) atoms. The van der Waals surface area contributed by atoms with E-state index in [2.05, 4.69) is 5.43 Å². The minimum absolute atomic E-state index is 0.121. The lowest BCUT2D eigenvalue weighted by atomic mass is 9.99. The summed E-state index contributed by atoms with van der Waals surface area (Å²) in [5, 5.41) is 1.91. The summed E-state index contributed by atoms with van der Waals surface area (Å²) in [7, 11) is 1.38. The van der Waals surface area contributed by atoms with Crippen LogP contribution in [0.25, 0.3) is 11.1 Å². The van der Waals surface area contributed by atoms with Crippen LogP contribution >= 0.6 is 0 Å². The summed E-state index contributed by atoms with van der Waals surface area (Å²) in [6.45, 7) is 1.84. The van der Waals surface area contributed by atoms with Crippen molar-refractivity contribution in [2.75, 3.05) is 33.4 Å². The topological polar surface area (TPSA) is 71.1 Å². The molecule has 1 saturated heterocycles. The Morgan fingerprint density at radius 2 is 1.59 bits per heavy atom. The van der Waals surface area contributed by atoms with E-state index in [0.717, 1.165) is 16.9 Å². The van der Waals surface area contributed by atoms with Gasteiger partial charge in [-0.2, -0.15) is 0 Å². The van der Waals surface area contributed by atoms with E-state index in [1.54, 1.807) is 4.90 Å². The molecule has 1 unspecified atom stereocenters. The fraction of sp³-hybridized carbons (Fsp3) is 0.259. The smallest absolute Gasteiger partial charge is 0.409 e. The van der Waals surface area contributed by atoms with Crippen molar-refractivity contribution in [1.82, 2.24) is 15.3 Å². The van der Waals surface area contributed by atoms with E-state index >= 15 is 0 Å². The number of carbonyl (C=O) groups is 2. The second-order valence-corrected chi connectivity index (χ2v) is 8.07. The Labute approximate surface area is 199 Å². The van der Waals surface area contributed by atoms with Gasteiger partial charge >= 0.3 is 6.09 Å². The van der Waals surface area contributed by atoms with Gasteiger partial charge in [0.25, 0.3) is 5.91 Å². The summed E-state index contributed by atoms with van der Waals surface area (Å²) in [6.07, 6.45) is 0.262. The van der Waals surface area contributed by atoms with E-state index < -0.39 is 0 Å². The highest BCUT2D eigenvalue weighted by molar-refractivity contribution is 6.00. The number of nitrogens with one attached hydrogen (secondary N) is 1. The van der Waals surface area contributed by atoms with Crippen LogP contribution in [0.3, 0.4) is 0 Å². The number of piperazine rings is 1. The molecular formula is C27H29N3O4. The summed E-state index contributed by atoms with van der Waals surface area (Å²) in [5.41, 5.74) is 5.54. The van der Waals surface area contributed by atoms with Gasteiger partial charge in [0, 0.05) is 31.6 Å². The third kappa shape index (κ3) is 5.74. The van der Waals surface area contributed by atoms with Gasteiger partial charge in [-0.05, 0) is 29.3 Å². The van der Waals surface area contributed by atoms with Crippen LogP contribution in [0.2, 0.25) is 0 Å². The number of para-hydroxylation sites is 1. The molecule has 0 aliphatic carbocycles. The van der Waals surface area contributed by atoms with E-state index in [1.165, 1.54) is 7.11 Å². The first-order valence-corrected chi connectivity index (χ1v) is 11.4. The van der Waals surface area contributed by atoms with Crippen LogP contribution in [-0.2, 0) is 4.74 Å². The fourth-order valence-corrected chi connectivity index (χ4v) is 4.12. The molecule has 7 nitrogen and oxygen atoms in total. The molecule has 1 aliphatic rings. The van der Waals surface area contributed by atoms with Gasteiger partial charge in [-0.15, -0.1) is 0 Å². The van der Waals surface area contributed by atoms with Crippen molar-refractivity contribution < 1.29 is 19.1 Å². The van der Waals surface area contributed by atoms with Crippen molar-refractivity contribution >= 4 is 12.0 Å². The van der Waals surface area contributed by atoms with Crippen molar-refractivity contribution in [2.24, 2.45) is 0 Å². The lowest BCUT2D eigenvalue weighted by molar-refractivity contribution is 0.0209. The zero-order valence-corrected chi connectivity index (χ0v) is 19.2. The number of carbonyl (C=O) groups excluding carboxylic acids is 2. The Morgan fingerprint density at radius 1 is 0.912 bits per heavy atom. The maximum atomic E-state index is 13.3. The number of hydrogen-bond acceptors (Lipinski definition) is 5. The first kappa shape index (κ1) is 23.3. The highest BCUT2D eigenvalue weighted by Gasteiger charge is 2.31. The number of hydrogen-bond donors (Lipinski definition) is 1. The number of hydrazine groups is 1. The van der Waals surface area contributed by atoms with Gasteiger partial charge < -0.3 is 14.4 Å². The van der Waals surface area contributed by atoms with Crippen molar-refractivity contribution in [2.45, 2.75) is 12.5 Å². The fourth-order valence-electron chi connectivity index (χ4n) is 4.12. The number of ether oxygens (including phenoxy) is 2.